The SMILES string of the molecule is CCNC(=NCCCSC)NC(C)c1ccc(Cl)cc1.I. The second kappa shape index (κ2) is 12.4. The highest BCUT2D eigenvalue weighted by atomic mass is 127. The molecule has 0 aliphatic carbocycles. The lowest BCUT2D eigenvalue weighted by Gasteiger charge is -2.18. The molecule has 0 radical (unpaired) electrons. The predicted molar refractivity (Wildman–Crippen MR) is 107 cm³/mol. The predicted octanol–water partition coefficient (Wildman–Crippen LogP) is 4.33. The standard InChI is InChI=1S/C15H24ClN3S.HI/c1-4-17-15(18-10-5-11-20-3)19-12(2)13-6-8-14(16)9-7-13;/h6-9,12H,4-5,10-11H2,1-3H3,(H2,17,18,19);1H. The van der Waals surface area contributed by atoms with Crippen molar-refractivity contribution in [2.45, 2.75) is 26.3 Å². The minimum atomic E-state index is 0. The van der Waals surface area contributed by atoms with Gasteiger partial charge >= 0.3 is 0 Å². The van der Waals surface area contributed by atoms with Crippen molar-refractivity contribution in [3.8, 4) is 0 Å². The molecule has 0 heterocycles. The monoisotopic (exact) mass is 441 g/mol. The first-order valence-electron chi connectivity index (χ1n) is 6.96. The van der Waals surface area contributed by atoms with Crippen LogP contribution in [0.25, 0.3) is 0 Å². The van der Waals surface area contributed by atoms with Crippen LogP contribution in [0.4, 0.5) is 0 Å². The van der Waals surface area contributed by atoms with Crippen LogP contribution in [-0.2, 0) is 0 Å². The number of nitrogens with zero attached hydrogens (tertiary/aromatic N) is 1. The zero-order chi connectivity index (χ0) is 14.8. The van der Waals surface area contributed by atoms with Crippen molar-refractivity contribution in [3.63, 3.8) is 0 Å². The fraction of sp³-hybridized carbons (Fsp3) is 0.533. The van der Waals surface area contributed by atoms with Gasteiger partial charge in [0.15, 0.2) is 5.96 Å². The van der Waals surface area contributed by atoms with Crippen LogP contribution in [0.15, 0.2) is 29.3 Å². The van der Waals surface area contributed by atoms with Gasteiger partial charge in [0.2, 0.25) is 0 Å². The highest BCUT2D eigenvalue weighted by Gasteiger charge is 2.07. The number of thioether (sulfide) groups is 1. The summed E-state index contributed by atoms with van der Waals surface area (Å²) >= 11 is 7.77. The van der Waals surface area contributed by atoms with Gasteiger partial charge in [-0.1, -0.05) is 23.7 Å². The Bertz CT molecular complexity index is 412. The summed E-state index contributed by atoms with van der Waals surface area (Å²) in [5.41, 5.74) is 1.20. The van der Waals surface area contributed by atoms with Crippen LogP contribution in [0.2, 0.25) is 5.02 Å². The molecule has 2 N–H and O–H groups in total. The molecule has 0 amide bonds. The van der Waals surface area contributed by atoms with Crippen LogP contribution in [0.5, 0.6) is 0 Å². The van der Waals surface area contributed by atoms with E-state index in [1.54, 1.807) is 0 Å². The summed E-state index contributed by atoms with van der Waals surface area (Å²) in [4.78, 5) is 4.59. The molecule has 0 aliphatic rings. The lowest BCUT2D eigenvalue weighted by atomic mass is 10.1. The first-order chi connectivity index (χ1) is 9.67. The normalized spacial score (nSPS) is 12.5. The number of halogens is 2. The van der Waals surface area contributed by atoms with Crippen molar-refractivity contribution in [2.24, 2.45) is 4.99 Å². The van der Waals surface area contributed by atoms with Crippen molar-refractivity contribution in [1.29, 1.82) is 0 Å². The summed E-state index contributed by atoms with van der Waals surface area (Å²) in [5.74, 6) is 2.02. The van der Waals surface area contributed by atoms with Crippen molar-refractivity contribution >= 4 is 53.3 Å². The molecule has 0 bridgehead atoms. The number of benzene rings is 1. The van der Waals surface area contributed by atoms with E-state index in [0.29, 0.717) is 0 Å². The summed E-state index contributed by atoms with van der Waals surface area (Å²) in [5, 5.41) is 7.46. The minimum absolute atomic E-state index is 0. The van der Waals surface area contributed by atoms with E-state index in [1.165, 1.54) is 5.56 Å². The van der Waals surface area contributed by atoms with E-state index in [1.807, 2.05) is 36.0 Å². The number of hydrogen-bond acceptors (Lipinski definition) is 2. The third-order valence-corrected chi connectivity index (χ3v) is 3.79. The van der Waals surface area contributed by atoms with E-state index in [9.17, 15) is 0 Å². The van der Waals surface area contributed by atoms with E-state index in [-0.39, 0.29) is 30.0 Å². The largest absolute Gasteiger partial charge is 0.357 e. The van der Waals surface area contributed by atoms with E-state index in [2.05, 4.69) is 35.7 Å². The zero-order valence-corrected chi connectivity index (χ0v) is 16.8. The number of aliphatic imine (C=N–C) groups is 1. The maximum atomic E-state index is 5.91. The summed E-state index contributed by atoms with van der Waals surface area (Å²) in [6, 6.07) is 8.11. The van der Waals surface area contributed by atoms with Crippen LogP contribution in [0, 0.1) is 0 Å². The molecule has 0 saturated carbocycles. The van der Waals surface area contributed by atoms with E-state index in [4.69, 9.17) is 11.6 Å². The third-order valence-electron chi connectivity index (χ3n) is 2.84. The second-order valence-electron chi connectivity index (χ2n) is 4.52. The summed E-state index contributed by atoms with van der Waals surface area (Å²) in [6.45, 7) is 5.91. The second-order valence-corrected chi connectivity index (χ2v) is 5.95. The Morgan fingerprint density at radius 2 is 2.00 bits per heavy atom. The minimum Gasteiger partial charge on any atom is -0.357 e. The fourth-order valence-corrected chi connectivity index (χ4v) is 2.30. The molecular formula is C15H25ClIN3S. The molecule has 0 aliphatic heterocycles. The number of nitrogens with one attached hydrogen (secondary N) is 2. The van der Waals surface area contributed by atoms with E-state index in [0.717, 1.165) is 36.2 Å². The first-order valence-corrected chi connectivity index (χ1v) is 8.73. The van der Waals surface area contributed by atoms with Gasteiger partial charge in [0, 0.05) is 18.1 Å². The average molecular weight is 442 g/mol. The lowest BCUT2D eigenvalue weighted by molar-refractivity contribution is 0.685. The Morgan fingerprint density at radius 1 is 1.33 bits per heavy atom. The van der Waals surface area contributed by atoms with Gasteiger partial charge in [-0.2, -0.15) is 11.8 Å². The van der Waals surface area contributed by atoms with Crippen molar-refractivity contribution in [3.05, 3.63) is 34.9 Å². The van der Waals surface area contributed by atoms with Gasteiger partial charge in [0.1, 0.15) is 0 Å². The quantitative estimate of drug-likeness (QED) is 0.286. The number of rotatable bonds is 7. The van der Waals surface area contributed by atoms with Gasteiger partial charge in [0.05, 0.1) is 6.04 Å². The summed E-state index contributed by atoms with van der Waals surface area (Å²) in [6.07, 6.45) is 3.23. The molecule has 6 heteroatoms. The van der Waals surface area contributed by atoms with Crippen LogP contribution in [0.3, 0.4) is 0 Å². The van der Waals surface area contributed by atoms with Gasteiger partial charge in [-0.25, -0.2) is 0 Å². The lowest BCUT2D eigenvalue weighted by Crippen LogP contribution is -2.38. The Hall–Kier alpha value is -0.140. The van der Waals surface area contributed by atoms with Gasteiger partial charge in [-0.05, 0) is 50.0 Å². The molecule has 1 rings (SSSR count). The first kappa shape index (κ1) is 20.9. The molecule has 21 heavy (non-hydrogen) atoms. The van der Waals surface area contributed by atoms with Crippen LogP contribution in [0.1, 0.15) is 31.9 Å². The summed E-state index contributed by atoms with van der Waals surface area (Å²) in [7, 11) is 0. The van der Waals surface area contributed by atoms with Gasteiger partial charge in [-0.3, -0.25) is 4.99 Å². The third kappa shape index (κ3) is 8.78. The molecule has 0 aromatic heterocycles. The Balaban J connectivity index is 0.00000400. The zero-order valence-electron chi connectivity index (χ0n) is 12.9. The molecule has 1 atom stereocenters. The maximum absolute atomic E-state index is 5.91. The Morgan fingerprint density at radius 3 is 2.57 bits per heavy atom. The number of guanidine groups is 1. The Labute approximate surface area is 154 Å². The fourth-order valence-electron chi connectivity index (χ4n) is 1.76. The van der Waals surface area contributed by atoms with Crippen molar-refractivity contribution in [2.75, 3.05) is 25.1 Å². The number of hydrogen-bond donors (Lipinski definition) is 2. The highest BCUT2D eigenvalue weighted by molar-refractivity contribution is 14.0. The van der Waals surface area contributed by atoms with Crippen molar-refractivity contribution in [1.82, 2.24) is 10.6 Å². The molecule has 120 valence electrons. The van der Waals surface area contributed by atoms with E-state index < -0.39 is 0 Å². The summed E-state index contributed by atoms with van der Waals surface area (Å²) < 4.78 is 0. The van der Waals surface area contributed by atoms with Gasteiger partial charge in [-0.15, -0.1) is 24.0 Å². The van der Waals surface area contributed by atoms with Crippen molar-refractivity contribution < 1.29 is 0 Å². The molecule has 0 saturated heterocycles. The average Bonchev–Trinajstić information content (AvgIpc) is 2.44. The molecule has 0 spiro atoms. The van der Waals surface area contributed by atoms with Crippen LogP contribution in [-0.4, -0.2) is 31.1 Å². The molecule has 1 aromatic rings. The molecule has 3 nitrogen and oxygen atoms in total. The van der Waals surface area contributed by atoms with Gasteiger partial charge in [0.25, 0.3) is 0 Å². The van der Waals surface area contributed by atoms with E-state index >= 15 is 0 Å². The smallest absolute Gasteiger partial charge is 0.191 e. The van der Waals surface area contributed by atoms with Crippen LogP contribution < -0.4 is 10.6 Å². The van der Waals surface area contributed by atoms with Crippen LogP contribution >= 0.6 is 47.3 Å². The molecule has 1 aromatic carbocycles. The topological polar surface area (TPSA) is 36.4 Å². The molecule has 0 fully saturated rings. The Kier molecular flexibility index (Phi) is 12.3. The molecule has 1 unspecified atom stereocenters. The highest BCUT2D eigenvalue weighted by Crippen LogP contribution is 2.15. The maximum Gasteiger partial charge on any atom is 0.191 e. The molecular weight excluding hydrogens is 417 g/mol. The van der Waals surface area contributed by atoms with Gasteiger partial charge < -0.3 is 10.6 Å².